The molecule has 1 N–H and O–H groups in total. The summed E-state index contributed by atoms with van der Waals surface area (Å²) in [4.78, 5) is 38.2. The Bertz CT molecular complexity index is 956. The molecule has 0 spiro atoms. The van der Waals surface area contributed by atoms with Crippen LogP contribution >= 0.6 is 0 Å². The van der Waals surface area contributed by atoms with Crippen molar-refractivity contribution in [2.24, 2.45) is 5.92 Å². The Balaban J connectivity index is 1.57. The highest BCUT2D eigenvalue weighted by atomic mass is 16.5. The summed E-state index contributed by atoms with van der Waals surface area (Å²) in [7, 11) is 3.17. The quantitative estimate of drug-likeness (QED) is 0.677. The zero-order valence-corrected chi connectivity index (χ0v) is 17.4. The maximum atomic E-state index is 12.6. The minimum Gasteiger partial charge on any atom is -0.493 e. The summed E-state index contributed by atoms with van der Waals surface area (Å²) in [6.45, 7) is 2.38. The lowest BCUT2D eigenvalue weighted by Crippen LogP contribution is -2.30. The summed E-state index contributed by atoms with van der Waals surface area (Å²) in [6, 6.07) is 12.5. The fourth-order valence-electron chi connectivity index (χ4n) is 3.52. The van der Waals surface area contributed by atoms with Gasteiger partial charge in [-0.25, -0.2) is 0 Å². The van der Waals surface area contributed by atoms with Gasteiger partial charge in [-0.2, -0.15) is 0 Å². The predicted octanol–water partition coefficient (Wildman–Crippen LogP) is 2.94. The number of rotatable bonds is 8. The van der Waals surface area contributed by atoms with Crippen LogP contribution in [0.15, 0.2) is 42.5 Å². The van der Waals surface area contributed by atoms with Gasteiger partial charge in [0.15, 0.2) is 17.3 Å². The summed E-state index contributed by atoms with van der Waals surface area (Å²) in [5.41, 5.74) is 2.12. The molecule has 1 heterocycles. The smallest absolute Gasteiger partial charge is 0.229 e. The third-order valence-corrected chi connectivity index (χ3v) is 5.24. The molecular formula is C23H26N2O5. The molecule has 0 radical (unpaired) electrons. The number of methoxy groups -OCH3 is 2. The van der Waals surface area contributed by atoms with Crippen molar-refractivity contribution in [2.75, 3.05) is 32.6 Å². The Hall–Kier alpha value is -3.35. The first kappa shape index (κ1) is 21.4. The molecule has 0 aromatic heterocycles. The van der Waals surface area contributed by atoms with Crippen LogP contribution in [-0.4, -0.2) is 49.8 Å². The number of Topliss-reactive ketones (excluding diaryl/α,β-unsaturated/α-hetero) is 1. The van der Waals surface area contributed by atoms with Gasteiger partial charge in [0.2, 0.25) is 11.8 Å². The first-order chi connectivity index (χ1) is 14.4. The van der Waals surface area contributed by atoms with Crippen molar-refractivity contribution in [3.63, 3.8) is 0 Å². The number of carbonyl (C=O) groups is 3. The normalized spacial score (nSPS) is 15.8. The maximum absolute atomic E-state index is 12.6. The molecule has 0 unspecified atom stereocenters. The highest BCUT2D eigenvalue weighted by Crippen LogP contribution is 2.28. The van der Waals surface area contributed by atoms with E-state index in [9.17, 15) is 14.4 Å². The van der Waals surface area contributed by atoms with Crippen molar-refractivity contribution in [1.82, 2.24) is 4.90 Å². The number of likely N-dealkylation sites (tertiary alicyclic amines) is 1. The molecule has 1 saturated heterocycles. The Labute approximate surface area is 176 Å². The Morgan fingerprint density at radius 3 is 2.57 bits per heavy atom. The standard InChI is InChI=1S/C23H26N2O5/c1-15(26)17-5-4-6-19(12-17)24-23(28)18-13-22(27)25(14-18)10-9-16-7-8-20(29-2)21(11-16)30-3/h4-8,11-12,18H,9-10,13-14H2,1-3H3,(H,24,28)/t18-/m1/s1. The molecule has 2 aromatic rings. The summed E-state index contributed by atoms with van der Waals surface area (Å²) in [6.07, 6.45) is 0.839. The topological polar surface area (TPSA) is 84.9 Å². The number of nitrogens with one attached hydrogen (secondary N) is 1. The third kappa shape index (κ3) is 4.97. The highest BCUT2D eigenvalue weighted by Gasteiger charge is 2.34. The van der Waals surface area contributed by atoms with Gasteiger partial charge >= 0.3 is 0 Å². The Kier molecular flexibility index (Phi) is 6.72. The second-order valence-corrected chi connectivity index (χ2v) is 7.31. The van der Waals surface area contributed by atoms with Crippen LogP contribution in [0.5, 0.6) is 11.5 Å². The first-order valence-electron chi connectivity index (χ1n) is 9.81. The lowest BCUT2D eigenvalue weighted by atomic mass is 10.1. The minimum atomic E-state index is -0.413. The van der Waals surface area contributed by atoms with Crippen molar-refractivity contribution < 1.29 is 23.9 Å². The molecule has 0 bridgehead atoms. The molecule has 7 nitrogen and oxygen atoms in total. The van der Waals surface area contributed by atoms with Gasteiger partial charge in [0.25, 0.3) is 0 Å². The molecule has 0 saturated carbocycles. The largest absolute Gasteiger partial charge is 0.493 e. The summed E-state index contributed by atoms with van der Waals surface area (Å²) < 4.78 is 10.6. The molecule has 7 heteroatoms. The van der Waals surface area contributed by atoms with Crippen LogP contribution in [0.4, 0.5) is 5.69 Å². The number of benzene rings is 2. The maximum Gasteiger partial charge on any atom is 0.229 e. The lowest BCUT2D eigenvalue weighted by Gasteiger charge is -2.17. The van der Waals surface area contributed by atoms with E-state index >= 15 is 0 Å². The van der Waals surface area contributed by atoms with E-state index in [2.05, 4.69) is 5.32 Å². The molecule has 1 aliphatic heterocycles. The number of ketones is 1. The van der Waals surface area contributed by atoms with Gasteiger partial charge in [-0.15, -0.1) is 0 Å². The molecular weight excluding hydrogens is 384 g/mol. The Morgan fingerprint density at radius 2 is 1.87 bits per heavy atom. The van der Waals surface area contributed by atoms with Gasteiger partial charge < -0.3 is 19.7 Å². The average molecular weight is 410 g/mol. The zero-order valence-electron chi connectivity index (χ0n) is 17.4. The number of hydrogen-bond donors (Lipinski definition) is 1. The van der Waals surface area contributed by atoms with Crippen LogP contribution in [-0.2, 0) is 16.0 Å². The number of hydrogen-bond acceptors (Lipinski definition) is 5. The zero-order chi connectivity index (χ0) is 21.7. The highest BCUT2D eigenvalue weighted by molar-refractivity contribution is 5.99. The molecule has 2 aromatic carbocycles. The third-order valence-electron chi connectivity index (χ3n) is 5.24. The SMILES string of the molecule is COc1ccc(CCN2C[C@H](C(=O)Nc3cccc(C(C)=O)c3)CC2=O)cc1OC. The summed E-state index contributed by atoms with van der Waals surface area (Å²) >= 11 is 0. The van der Waals surface area contributed by atoms with Crippen molar-refractivity contribution in [3.05, 3.63) is 53.6 Å². The number of amides is 2. The molecule has 2 amide bonds. The van der Waals surface area contributed by atoms with Crippen molar-refractivity contribution in [1.29, 1.82) is 0 Å². The molecule has 0 aliphatic carbocycles. The predicted molar refractivity (Wildman–Crippen MR) is 113 cm³/mol. The lowest BCUT2D eigenvalue weighted by molar-refractivity contribution is -0.128. The van der Waals surface area contributed by atoms with Gasteiger partial charge in [-0.3, -0.25) is 14.4 Å². The molecule has 1 atom stereocenters. The molecule has 1 aliphatic rings. The van der Waals surface area contributed by atoms with E-state index in [-0.39, 0.29) is 24.0 Å². The number of anilines is 1. The van der Waals surface area contributed by atoms with Crippen LogP contribution in [0, 0.1) is 5.92 Å². The van der Waals surface area contributed by atoms with Crippen molar-refractivity contribution in [3.8, 4) is 11.5 Å². The fraction of sp³-hybridized carbons (Fsp3) is 0.348. The van der Waals surface area contributed by atoms with E-state index in [1.165, 1.54) is 6.92 Å². The Morgan fingerprint density at radius 1 is 1.10 bits per heavy atom. The second kappa shape index (κ2) is 9.43. The summed E-state index contributed by atoms with van der Waals surface area (Å²) in [5, 5.41) is 2.82. The second-order valence-electron chi connectivity index (χ2n) is 7.31. The van der Waals surface area contributed by atoms with Crippen LogP contribution < -0.4 is 14.8 Å². The van der Waals surface area contributed by atoms with E-state index in [4.69, 9.17) is 9.47 Å². The van der Waals surface area contributed by atoms with E-state index in [0.717, 1.165) is 5.56 Å². The van der Waals surface area contributed by atoms with Crippen LogP contribution in [0.3, 0.4) is 0 Å². The number of ether oxygens (including phenoxy) is 2. The monoisotopic (exact) mass is 410 g/mol. The number of nitrogens with zero attached hydrogens (tertiary/aromatic N) is 1. The van der Waals surface area contributed by atoms with E-state index < -0.39 is 5.92 Å². The van der Waals surface area contributed by atoms with E-state index in [0.29, 0.717) is 42.3 Å². The van der Waals surface area contributed by atoms with Gasteiger partial charge in [0, 0.05) is 30.8 Å². The van der Waals surface area contributed by atoms with E-state index in [1.54, 1.807) is 43.4 Å². The molecule has 158 valence electrons. The minimum absolute atomic E-state index is 0.0342. The van der Waals surface area contributed by atoms with Gasteiger partial charge in [-0.05, 0) is 43.2 Å². The van der Waals surface area contributed by atoms with Crippen molar-refractivity contribution >= 4 is 23.3 Å². The van der Waals surface area contributed by atoms with E-state index in [1.807, 2.05) is 18.2 Å². The first-order valence-corrected chi connectivity index (χ1v) is 9.81. The van der Waals surface area contributed by atoms with Crippen LogP contribution in [0.1, 0.15) is 29.3 Å². The fourth-order valence-corrected chi connectivity index (χ4v) is 3.52. The average Bonchev–Trinajstić information content (AvgIpc) is 3.12. The van der Waals surface area contributed by atoms with Crippen LogP contribution in [0.25, 0.3) is 0 Å². The van der Waals surface area contributed by atoms with Crippen molar-refractivity contribution in [2.45, 2.75) is 19.8 Å². The molecule has 1 fully saturated rings. The van der Waals surface area contributed by atoms with Gasteiger partial charge in [0.05, 0.1) is 20.1 Å². The molecule has 3 rings (SSSR count). The van der Waals surface area contributed by atoms with Crippen LogP contribution in [0.2, 0.25) is 0 Å². The van der Waals surface area contributed by atoms with Gasteiger partial charge in [-0.1, -0.05) is 18.2 Å². The number of carbonyl (C=O) groups excluding carboxylic acids is 3. The molecule has 30 heavy (non-hydrogen) atoms. The van der Waals surface area contributed by atoms with Gasteiger partial charge in [0.1, 0.15) is 0 Å². The summed E-state index contributed by atoms with van der Waals surface area (Å²) in [5.74, 6) is 0.579.